The van der Waals surface area contributed by atoms with Gasteiger partial charge in [0, 0.05) is 6.26 Å². The van der Waals surface area contributed by atoms with Crippen molar-refractivity contribution in [1.82, 2.24) is 0 Å². The van der Waals surface area contributed by atoms with Gasteiger partial charge in [-0.2, -0.15) is 0 Å². The lowest BCUT2D eigenvalue weighted by atomic mass is 10.3. The van der Waals surface area contributed by atoms with Gasteiger partial charge in [0.25, 0.3) is 0 Å². The normalized spacial score (nSPS) is 10.9. The molecule has 0 saturated carbocycles. The van der Waals surface area contributed by atoms with Crippen molar-refractivity contribution < 1.29 is 17.7 Å². The van der Waals surface area contributed by atoms with Crippen LogP contribution in [0.25, 0.3) is 0 Å². The SMILES string of the molecule is CCCCOc1ccc([S+](c2ccccc2)c2ccccc2)cc1.CS(=O)(=O)[O-]. The maximum atomic E-state index is 9.08. The van der Waals surface area contributed by atoms with E-state index in [4.69, 9.17) is 17.7 Å². The fourth-order valence-electron chi connectivity index (χ4n) is 2.53. The van der Waals surface area contributed by atoms with Crippen LogP contribution in [-0.4, -0.2) is 25.8 Å². The maximum absolute atomic E-state index is 9.08. The van der Waals surface area contributed by atoms with E-state index in [9.17, 15) is 0 Å². The van der Waals surface area contributed by atoms with E-state index in [0.717, 1.165) is 25.2 Å². The Morgan fingerprint density at radius 1 is 0.793 bits per heavy atom. The monoisotopic (exact) mass is 430 g/mol. The van der Waals surface area contributed by atoms with Crippen molar-refractivity contribution in [1.29, 1.82) is 0 Å². The van der Waals surface area contributed by atoms with Crippen molar-refractivity contribution in [3.63, 3.8) is 0 Å². The lowest BCUT2D eigenvalue weighted by Crippen LogP contribution is -2.04. The van der Waals surface area contributed by atoms with Crippen LogP contribution in [0.4, 0.5) is 0 Å². The lowest BCUT2D eigenvalue weighted by Gasteiger charge is -2.09. The van der Waals surface area contributed by atoms with Crippen LogP contribution in [0.1, 0.15) is 19.8 Å². The first-order chi connectivity index (χ1) is 13.9. The second-order valence-corrected chi connectivity index (χ2v) is 9.74. The van der Waals surface area contributed by atoms with E-state index in [0.29, 0.717) is 6.26 Å². The standard InChI is InChI=1S/C22H23OS.CH4O3S/c1-2-3-18-23-19-14-16-22(17-15-19)24(20-10-6-4-7-11-20)21-12-8-5-9-13-21;1-5(2,3)4/h4-17H,2-3,18H2,1H3;1H3,(H,2,3,4)/q+1;/p-1. The Morgan fingerprint density at radius 2 is 1.21 bits per heavy atom. The molecule has 0 atom stereocenters. The summed E-state index contributed by atoms with van der Waals surface area (Å²) < 4.78 is 33.0. The van der Waals surface area contributed by atoms with E-state index in [-0.39, 0.29) is 10.9 Å². The van der Waals surface area contributed by atoms with Gasteiger partial charge in [0.2, 0.25) is 0 Å². The molecule has 0 saturated heterocycles. The summed E-state index contributed by atoms with van der Waals surface area (Å²) in [6.07, 6.45) is 2.86. The fraction of sp³-hybridized carbons (Fsp3) is 0.217. The Hall–Kier alpha value is -2.28. The number of hydrogen-bond donors (Lipinski definition) is 0. The average molecular weight is 431 g/mol. The average Bonchev–Trinajstić information content (AvgIpc) is 2.70. The zero-order chi connectivity index (χ0) is 21.1. The Labute approximate surface area is 176 Å². The van der Waals surface area contributed by atoms with Gasteiger partial charge in [-0.15, -0.1) is 0 Å². The molecular formula is C23H26O4S2. The van der Waals surface area contributed by atoms with Crippen molar-refractivity contribution >= 4 is 21.0 Å². The summed E-state index contributed by atoms with van der Waals surface area (Å²) in [6, 6.07) is 30.0. The predicted molar refractivity (Wildman–Crippen MR) is 118 cm³/mol. The van der Waals surface area contributed by atoms with Crippen LogP contribution in [0.3, 0.4) is 0 Å². The van der Waals surface area contributed by atoms with Crippen LogP contribution in [0.5, 0.6) is 5.75 Å². The van der Waals surface area contributed by atoms with Gasteiger partial charge in [-0.25, -0.2) is 8.42 Å². The molecule has 3 aromatic rings. The van der Waals surface area contributed by atoms with Gasteiger partial charge in [0.05, 0.1) is 27.6 Å². The summed E-state index contributed by atoms with van der Waals surface area (Å²) in [6.45, 7) is 2.97. The molecule has 0 aromatic heterocycles. The third-order valence-corrected chi connectivity index (χ3v) is 6.01. The largest absolute Gasteiger partial charge is 0.748 e. The molecule has 0 aliphatic carbocycles. The van der Waals surface area contributed by atoms with Crippen LogP contribution in [0.15, 0.2) is 99.6 Å². The third kappa shape index (κ3) is 8.73. The molecule has 29 heavy (non-hydrogen) atoms. The molecule has 0 aliphatic heterocycles. The van der Waals surface area contributed by atoms with Crippen LogP contribution >= 0.6 is 0 Å². The summed E-state index contributed by atoms with van der Waals surface area (Å²) >= 11 is 0. The molecular weight excluding hydrogens is 404 g/mol. The zero-order valence-electron chi connectivity index (χ0n) is 16.7. The van der Waals surface area contributed by atoms with Crippen LogP contribution in [-0.2, 0) is 21.0 Å². The second-order valence-electron chi connectivity index (χ2n) is 6.31. The highest BCUT2D eigenvalue weighted by atomic mass is 32.2. The van der Waals surface area contributed by atoms with Crippen LogP contribution < -0.4 is 4.74 Å². The number of benzene rings is 3. The summed E-state index contributed by atoms with van der Waals surface area (Å²) in [5.41, 5.74) is 0. The second kappa shape index (κ2) is 11.7. The van der Waals surface area contributed by atoms with Gasteiger partial charge < -0.3 is 9.29 Å². The van der Waals surface area contributed by atoms with Crippen LogP contribution in [0.2, 0.25) is 0 Å². The molecule has 3 rings (SSSR count). The lowest BCUT2D eigenvalue weighted by molar-refractivity contribution is 0.309. The van der Waals surface area contributed by atoms with Crippen LogP contribution in [0, 0.1) is 0 Å². The fourth-order valence-corrected chi connectivity index (χ4v) is 4.61. The molecule has 0 amide bonds. The van der Waals surface area contributed by atoms with Gasteiger partial charge in [-0.05, 0) is 55.0 Å². The minimum absolute atomic E-state index is 0.0858. The highest BCUT2D eigenvalue weighted by molar-refractivity contribution is 7.97. The van der Waals surface area contributed by atoms with Crippen molar-refractivity contribution in [2.75, 3.05) is 12.9 Å². The van der Waals surface area contributed by atoms with E-state index in [1.54, 1.807) is 0 Å². The maximum Gasteiger partial charge on any atom is 0.166 e. The Morgan fingerprint density at radius 3 is 1.62 bits per heavy atom. The highest BCUT2D eigenvalue weighted by Gasteiger charge is 2.28. The van der Waals surface area contributed by atoms with Gasteiger partial charge in [-0.3, -0.25) is 0 Å². The highest BCUT2D eigenvalue weighted by Crippen LogP contribution is 2.31. The van der Waals surface area contributed by atoms with E-state index < -0.39 is 10.1 Å². The Balaban J connectivity index is 0.000000537. The molecule has 6 heteroatoms. The Kier molecular flexibility index (Phi) is 9.25. The molecule has 4 nitrogen and oxygen atoms in total. The summed E-state index contributed by atoms with van der Waals surface area (Å²) in [7, 11) is -4.00. The molecule has 154 valence electrons. The number of unbranched alkanes of at least 4 members (excludes halogenated alkanes) is 1. The van der Waals surface area contributed by atoms with Crippen molar-refractivity contribution in [2.45, 2.75) is 34.5 Å². The molecule has 0 heterocycles. The van der Waals surface area contributed by atoms with Crippen molar-refractivity contribution in [2.24, 2.45) is 0 Å². The number of rotatable bonds is 7. The summed E-state index contributed by atoms with van der Waals surface area (Å²) in [4.78, 5) is 3.99. The first-order valence-corrected chi connectivity index (χ1v) is 12.4. The van der Waals surface area contributed by atoms with E-state index >= 15 is 0 Å². The molecule has 0 bridgehead atoms. The number of ether oxygens (including phenoxy) is 1. The molecule has 0 unspecified atom stereocenters. The Bertz CT molecular complexity index is 894. The molecule has 0 fully saturated rings. The van der Waals surface area contributed by atoms with E-state index in [1.807, 2.05) is 0 Å². The van der Waals surface area contributed by atoms with Crippen molar-refractivity contribution in [3.05, 3.63) is 84.9 Å². The minimum Gasteiger partial charge on any atom is -0.748 e. The molecule has 3 aromatic carbocycles. The van der Waals surface area contributed by atoms with Gasteiger partial charge in [0.1, 0.15) is 5.75 Å². The molecule has 0 radical (unpaired) electrons. The minimum atomic E-state index is -3.92. The molecule has 0 spiro atoms. The van der Waals surface area contributed by atoms with Gasteiger partial charge in [-0.1, -0.05) is 49.7 Å². The zero-order valence-corrected chi connectivity index (χ0v) is 18.3. The summed E-state index contributed by atoms with van der Waals surface area (Å²) in [5.74, 6) is 0.955. The predicted octanol–water partition coefficient (Wildman–Crippen LogP) is 5.12. The number of hydrogen-bond acceptors (Lipinski definition) is 4. The molecule has 0 N–H and O–H groups in total. The first kappa shape index (κ1) is 23.0. The summed E-state index contributed by atoms with van der Waals surface area (Å²) in [5, 5.41) is 0. The smallest absolute Gasteiger partial charge is 0.166 e. The first-order valence-electron chi connectivity index (χ1n) is 9.36. The quantitative estimate of drug-likeness (QED) is 0.296. The topological polar surface area (TPSA) is 66.4 Å². The third-order valence-electron chi connectivity index (χ3n) is 3.78. The van der Waals surface area contributed by atoms with Crippen molar-refractivity contribution in [3.8, 4) is 5.75 Å². The van der Waals surface area contributed by atoms with E-state index in [1.165, 1.54) is 14.7 Å². The van der Waals surface area contributed by atoms with E-state index in [2.05, 4.69) is 91.9 Å². The van der Waals surface area contributed by atoms with Gasteiger partial charge in [0.15, 0.2) is 14.7 Å². The van der Waals surface area contributed by atoms with Gasteiger partial charge >= 0.3 is 0 Å². The molecule has 0 aliphatic rings.